The Morgan fingerprint density at radius 2 is 2.07 bits per heavy atom. The Balaban J connectivity index is 1.94. The van der Waals surface area contributed by atoms with E-state index < -0.39 is 0 Å². The van der Waals surface area contributed by atoms with Crippen molar-refractivity contribution in [3.63, 3.8) is 0 Å². The zero-order valence-electron chi connectivity index (χ0n) is 9.26. The summed E-state index contributed by atoms with van der Waals surface area (Å²) in [6.07, 6.45) is 9.34. The highest BCUT2D eigenvalue weighted by atomic mass is 16.5. The van der Waals surface area contributed by atoms with Gasteiger partial charge in [0.2, 0.25) is 0 Å². The minimum Gasteiger partial charge on any atom is -0.466 e. The highest BCUT2D eigenvalue weighted by molar-refractivity contribution is 5.69. The van der Waals surface area contributed by atoms with E-state index in [1.54, 1.807) is 0 Å². The molecule has 0 bridgehead atoms. The Labute approximate surface area is 87.0 Å². The Hall–Kier alpha value is -0.530. The summed E-state index contributed by atoms with van der Waals surface area (Å²) in [5, 5.41) is 0. The maximum atomic E-state index is 11.2. The van der Waals surface area contributed by atoms with Crippen molar-refractivity contribution in [3.8, 4) is 0 Å². The van der Waals surface area contributed by atoms with Gasteiger partial charge in [-0.05, 0) is 25.2 Å². The average molecular weight is 198 g/mol. The van der Waals surface area contributed by atoms with Gasteiger partial charge in [0.1, 0.15) is 0 Å². The average Bonchev–Trinajstić information content (AvgIpc) is 2.67. The van der Waals surface area contributed by atoms with Gasteiger partial charge < -0.3 is 4.74 Å². The van der Waals surface area contributed by atoms with E-state index in [1.807, 2.05) is 6.92 Å². The van der Waals surface area contributed by atoms with Crippen molar-refractivity contribution in [2.75, 3.05) is 6.61 Å². The van der Waals surface area contributed by atoms with Crippen LogP contribution in [0.15, 0.2) is 0 Å². The van der Waals surface area contributed by atoms with Crippen LogP contribution >= 0.6 is 0 Å². The monoisotopic (exact) mass is 198 g/mol. The minimum absolute atomic E-state index is 0.00940. The van der Waals surface area contributed by atoms with Crippen molar-refractivity contribution in [3.05, 3.63) is 0 Å². The maximum Gasteiger partial charge on any atom is 0.305 e. The lowest BCUT2D eigenvalue weighted by Gasteiger charge is -2.07. The molecule has 0 saturated heterocycles. The largest absolute Gasteiger partial charge is 0.466 e. The van der Waals surface area contributed by atoms with Gasteiger partial charge in [-0.2, -0.15) is 0 Å². The van der Waals surface area contributed by atoms with Crippen LogP contribution in [0, 0.1) is 5.92 Å². The van der Waals surface area contributed by atoms with Gasteiger partial charge in [-0.1, -0.05) is 32.6 Å². The van der Waals surface area contributed by atoms with Gasteiger partial charge in [0.15, 0.2) is 0 Å². The Morgan fingerprint density at radius 3 is 2.71 bits per heavy atom. The molecule has 82 valence electrons. The van der Waals surface area contributed by atoms with Crippen LogP contribution in [0.4, 0.5) is 0 Å². The standard InChI is InChI=1S/C12H22O2/c1-2-10-14-12(13)9-5-8-11-6-3-4-7-11/h11H,2-10H2,1H3. The second-order valence-corrected chi connectivity index (χ2v) is 4.26. The third kappa shape index (κ3) is 4.64. The molecule has 2 heteroatoms. The van der Waals surface area contributed by atoms with Crippen LogP contribution in [-0.4, -0.2) is 12.6 Å². The minimum atomic E-state index is -0.00940. The summed E-state index contributed by atoms with van der Waals surface area (Å²) in [4.78, 5) is 11.2. The van der Waals surface area contributed by atoms with Crippen molar-refractivity contribution in [2.45, 2.75) is 58.3 Å². The van der Waals surface area contributed by atoms with E-state index in [-0.39, 0.29) is 5.97 Å². The summed E-state index contributed by atoms with van der Waals surface area (Å²) in [5.74, 6) is 0.888. The van der Waals surface area contributed by atoms with Gasteiger partial charge in [0.25, 0.3) is 0 Å². The van der Waals surface area contributed by atoms with E-state index in [1.165, 1.54) is 32.1 Å². The maximum absolute atomic E-state index is 11.2. The summed E-state index contributed by atoms with van der Waals surface area (Å²) < 4.78 is 5.02. The third-order valence-corrected chi connectivity index (χ3v) is 2.94. The molecule has 0 atom stereocenters. The molecule has 0 unspecified atom stereocenters. The molecular weight excluding hydrogens is 176 g/mol. The quantitative estimate of drug-likeness (QED) is 0.612. The lowest BCUT2D eigenvalue weighted by Crippen LogP contribution is -2.05. The lowest BCUT2D eigenvalue weighted by atomic mass is 10.0. The molecule has 0 aliphatic heterocycles. The van der Waals surface area contributed by atoms with Crippen LogP contribution in [0.25, 0.3) is 0 Å². The van der Waals surface area contributed by atoms with E-state index in [9.17, 15) is 4.79 Å². The number of rotatable bonds is 6. The second-order valence-electron chi connectivity index (χ2n) is 4.26. The molecule has 0 heterocycles. The molecule has 0 spiro atoms. The molecule has 1 rings (SSSR count). The summed E-state index contributed by atoms with van der Waals surface area (Å²) >= 11 is 0. The fraction of sp³-hybridized carbons (Fsp3) is 0.917. The number of hydrogen-bond donors (Lipinski definition) is 0. The van der Waals surface area contributed by atoms with Gasteiger partial charge in [-0.3, -0.25) is 4.79 Å². The molecule has 14 heavy (non-hydrogen) atoms. The molecule has 1 fully saturated rings. The lowest BCUT2D eigenvalue weighted by molar-refractivity contribution is -0.143. The Morgan fingerprint density at radius 1 is 1.36 bits per heavy atom. The second kappa shape index (κ2) is 6.86. The van der Waals surface area contributed by atoms with Crippen LogP contribution in [0.3, 0.4) is 0 Å². The Bertz CT molecular complexity index is 160. The summed E-state index contributed by atoms with van der Waals surface area (Å²) in [5.41, 5.74) is 0. The first kappa shape index (κ1) is 11.5. The predicted molar refractivity (Wildman–Crippen MR) is 57.1 cm³/mol. The van der Waals surface area contributed by atoms with Crippen molar-refractivity contribution in [1.29, 1.82) is 0 Å². The fourth-order valence-corrected chi connectivity index (χ4v) is 2.12. The number of carbonyl (C=O) groups excluding carboxylic acids is 1. The van der Waals surface area contributed by atoms with E-state index in [0.717, 1.165) is 18.8 Å². The smallest absolute Gasteiger partial charge is 0.305 e. The zero-order valence-corrected chi connectivity index (χ0v) is 9.26. The van der Waals surface area contributed by atoms with Crippen LogP contribution in [0.2, 0.25) is 0 Å². The first-order chi connectivity index (χ1) is 6.83. The fourth-order valence-electron chi connectivity index (χ4n) is 2.12. The molecule has 0 aromatic rings. The van der Waals surface area contributed by atoms with Crippen LogP contribution in [0.5, 0.6) is 0 Å². The van der Waals surface area contributed by atoms with Crippen LogP contribution in [0.1, 0.15) is 58.3 Å². The van der Waals surface area contributed by atoms with Gasteiger partial charge in [0, 0.05) is 6.42 Å². The first-order valence-electron chi connectivity index (χ1n) is 5.98. The van der Waals surface area contributed by atoms with Gasteiger partial charge in [-0.15, -0.1) is 0 Å². The van der Waals surface area contributed by atoms with E-state index in [2.05, 4.69) is 0 Å². The van der Waals surface area contributed by atoms with Crippen molar-refractivity contribution in [1.82, 2.24) is 0 Å². The van der Waals surface area contributed by atoms with Gasteiger partial charge >= 0.3 is 5.97 Å². The molecular formula is C12H22O2. The molecule has 1 aliphatic carbocycles. The van der Waals surface area contributed by atoms with Gasteiger partial charge in [0.05, 0.1) is 6.61 Å². The topological polar surface area (TPSA) is 26.3 Å². The molecule has 0 aromatic carbocycles. The number of esters is 1. The van der Waals surface area contributed by atoms with E-state index in [0.29, 0.717) is 13.0 Å². The van der Waals surface area contributed by atoms with Gasteiger partial charge in [-0.25, -0.2) is 0 Å². The SMILES string of the molecule is CCCOC(=O)CCCC1CCCC1. The molecule has 2 nitrogen and oxygen atoms in total. The first-order valence-corrected chi connectivity index (χ1v) is 5.98. The highest BCUT2D eigenvalue weighted by Gasteiger charge is 2.14. The summed E-state index contributed by atoms with van der Waals surface area (Å²) in [6.45, 7) is 2.61. The van der Waals surface area contributed by atoms with Crippen molar-refractivity contribution < 1.29 is 9.53 Å². The normalized spacial score (nSPS) is 17.2. The van der Waals surface area contributed by atoms with Crippen LogP contribution in [-0.2, 0) is 9.53 Å². The molecule has 0 N–H and O–H groups in total. The predicted octanol–water partition coefficient (Wildman–Crippen LogP) is 3.30. The zero-order chi connectivity index (χ0) is 10.2. The molecule has 0 aromatic heterocycles. The third-order valence-electron chi connectivity index (χ3n) is 2.94. The van der Waals surface area contributed by atoms with E-state index >= 15 is 0 Å². The molecule has 0 radical (unpaired) electrons. The highest BCUT2D eigenvalue weighted by Crippen LogP contribution is 2.28. The van der Waals surface area contributed by atoms with E-state index in [4.69, 9.17) is 4.74 Å². The van der Waals surface area contributed by atoms with Crippen LogP contribution < -0.4 is 0 Å². The van der Waals surface area contributed by atoms with Crippen molar-refractivity contribution in [2.24, 2.45) is 5.92 Å². The molecule has 0 amide bonds. The summed E-state index contributed by atoms with van der Waals surface area (Å²) in [7, 11) is 0. The van der Waals surface area contributed by atoms with Crippen molar-refractivity contribution >= 4 is 5.97 Å². The summed E-state index contributed by atoms with van der Waals surface area (Å²) in [6, 6.07) is 0. The number of hydrogen-bond acceptors (Lipinski definition) is 2. The Kier molecular flexibility index (Phi) is 5.65. The molecule has 1 saturated carbocycles. The molecule has 1 aliphatic rings. The number of carbonyl (C=O) groups is 1. The number of ether oxygens (including phenoxy) is 1.